The van der Waals surface area contributed by atoms with E-state index in [1.54, 1.807) is 18.2 Å². The zero-order valence-electron chi connectivity index (χ0n) is 16.8. The molecule has 9 heteroatoms. The number of thioether (sulfide) groups is 1. The van der Waals surface area contributed by atoms with Crippen LogP contribution in [0.15, 0.2) is 53.4 Å². The Morgan fingerprint density at radius 3 is 2.74 bits per heavy atom. The molecule has 162 valence electrons. The van der Waals surface area contributed by atoms with Gasteiger partial charge < -0.3 is 5.32 Å². The number of carbonyl (C=O) groups is 3. The van der Waals surface area contributed by atoms with Gasteiger partial charge in [-0.05, 0) is 48.6 Å². The highest BCUT2D eigenvalue weighted by atomic mass is 35.5. The van der Waals surface area contributed by atoms with Gasteiger partial charge in [-0.2, -0.15) is 0 Å². The third-order valence-corrected chi connectivity index (χ3v) is 5.62. The lowest BCUT2D eigenvalue weighted by atomic mass is 10.2. The largest absolute Gasteiger partial charge is 0.353 e. The number of hydrogen-bond acceptors (Lipinski definition) is 5. The highest BCUT2D eigenvalue weighted by Crippen LogP contribution is 2.32. The van der Waals surface area contributed by atoms with Crippen LogP contribution in [0.3, 0.4) is 0 Å². The Morgan fingerprint density at radius 1 is 1.23 bits per heavy atom. The second kappa shape index (κ2) is 10.6. The minimum atomic E-state index is -0.495. The van der Waals surface area contributed by atoms with Gasteiger partial charge in [0, 0.05) is 30.2 Å². The van der Waals surface area contributed by atoms with Gasteiger partial charge in [-0.3, -0.25) is 24.2 Å². The van der Waals surface area contributed by atoms with Gasteiger partial charge in [0.1, 0.15) is 5.82 Å². The molecule has 0 radical (unpaired) electrons. The van der Waals surface area contributed by atoms with Crippen LogP contribution in [-0.4, -0.2) is 53.5 Å². The van der Waals surface area contributed by atoms with Crippen LogP contribution in [0.2, 0.25) is 5.02 Å². The molecule has 1 heterocycles. The van der Waals surface area contributed by atoms with E-state index in [4.69, 9.17) is 11.6 Å². The Morgan fingerprint density at radius 2 is 2.00 bits per heavy atom. The molecule has 31 heavy (non-hydrogen) atoms. The average molecular weight is 462 g/mol. The van der Waals surface area contributed by atoms with Gasteiger partial charge in [0.25, 0.3) is 11.1 Å². The summed E-state index contributed by atoms with van der Waals surface area (Å²) in [5.74, 6) is -1.19. The Kier molecular flexibility index (Phi) is 7.84. The first kappa shape index (κ1) is 23.0. The molecule has 0 atom stereocenters. The van der Waals surface area contributed by atoms with Crippen LogP contribution in [0.25, 0.3) is 6.08 Å². The first-order valence-corrected chi connectivity index (χ1v) is 10.7. The molecule has 0 aromatic heterocycles. The standard InChI is InChI=1S/C22H21ClFN3O3S/c1-26(13-15-5-4-7-17(23)11-15)14-20(28)25-9-10-27-21(29)19(31-22(27)30)12-16-6-2-3-8-18(16)24/h2-8,11-12H,9-10,13-14H2,1H3,(H,25,28)/b19-12-. The zero-order valence-corrected chi connectivity index (χ0v) is 18.4. The number of amides is 3. The van der Waals surface area contributed by atoms with Crippen LogP contribution in [0.4, 0.5) is 9.18 Å². The zero-order chi connectivity index (χ0) is 22.4. The van der Waals surface area contributed by atoms with E-state index in [1.807, 2.05) is 30.1 Å². The molecule has 1 N–H and O–H groups in total. The van der Waals surface area contributed by atoms with Crippen LogP contribution in [0.1, 0.15) is 11.1 Å². The number of likely N-dealkylation sites (N-methyl/N-ethyl adjacent to an activating group) is 1. The third-order valence-electron chi connectivity index (χ3n) is 4.48. The summed E-state index contributed by atoms with van der Waals surface area (Å²) in [5.41, 5.74) is 1.23. The monoisotopic (exact) mass is 461 g/mol. The van der Waals surface area contributed by atoms with Crippen molar-refractivity contribution < 1.29 is 18.8 Å². The van der Waals surface area contributed by atoms with Crippen molar-refractivity contribution in [3.05, 3.63) is 75.4 Å². The number of halogens is 2. The van der Waals surface area contributed by atoms with Gasteiger partial charge in [0.2, 0.25) is 5.91 Å². The lowest BCUT2D eigenvalue weighted by molar-refractivity contribution is -0.124. The number of rotatable bonds is 8. The molecular formula is C22H21ClFN3O3S. The van der Waals surface area contributed by atoms with Crippen molar-refractivity contribution >= 4 is 46.5 Å². The van der Waals surface area contributed by atoms with Gasteiger partial charge in [0.05, 0.1) is 11.4 Å². The second-order valence-electron chi connectivity index (χ2n) is 7.01. The fourth-order valence-corrected chi connectivity index (χ4v) is 4.11. The first-order valence-electron chi connectivity index (χ1n) is 9.53. The topological polar surface area (TPSA) is 69.7 Å². The van der Waals surface area contributed by atoms with Crippen LogP contribution in [0, 0.1) is 5.82 Å². The van der Waals surface area contributed by atoms with Gasteiger partial charge in [-0.1, -0.05) is 41.9 Å². The number of carbonyl (C=O) groups excluding carboxylic acids is 3. The fourth-order valence-electron chi connectivity index (χ4n) is 3.04. The number of benzene rings is 2. The minimum absolute atomic E-state index is 0.0447. The molecule has 3 rings (SSSR count). The van der Waals surface area contributed by atoms with Crippen LogP contribution in [-0.2, 0) is 16.1 Å². The van der Waals surface area contributed by atoms with Crippen molar-refractivity contribution in [2.24, 2.45) is 0 Å². The highest BCUT2D eigenvalue weighted by Gasteiger charge is 2.34. The van der Waals surface area contributed by atoms with Crippen molar-refractivity contribution in [3.8, 4) is 0 Å². The smallest absolute Gasteiger partial charge is 0.293 e. The maximum atomic E-state index is 13.8. The van der Waals surface area contributed by atoms with Gasteiger partial charge in [-0.15, -0.1) is 0 Å². The Hall–Kier alpha value is -2.68. The summed E-state index contributed by atoms with van der Waals surface area (Å²) in [6, 6.07) is 13.4. The van der Waals surface area contributed by atoms with E-state index in [2.05, 4.69) is 5.32 Å². The van der Waals surface area contributed by atoms with Crippen molar-refractivity contribution in [1.82, 2.24) is 15.1 Å². The van der Waals surface area contributed by atoms with E-state index >= 15 is 0 Å². The molecule has 2 aromatic carbocycles. The van der Waals surface area contributed by atoms with Crippen LogP contribution in [0.5, 0.6) is 0 Å². The van der Waals surface area contributed by atoms with E-state index < -0.39 is 17.0 Å². The van der Waals surface area contributed by atoms with Crippen molar-refractivity contribution in [2.45, 2.75) is 6.54 Å². The van der Waals surface area contributed by atoms with Crippen LogP contribution >= 0.6 is 23.4 Å². The minimum Gasteiger partial charge on any atom is -0.353 e. The summed E-state index contributed by atoms with van der Waals surface area (Å²) in [6.45, 7) is 0.886. The number of nitrogens with one attached hydrogen (secondary N) is 1. The number of nitrogens with zero attached hydrogens (tertiary/aromatic N) is 2. The molecule has 1 fully saturated rings. The summed E-state index contributed by atoms with van der Waals surface area (Å²) in [6.07, 6.45) is 1.36. The summed E-state index contributed by atoms with van der Waals surface area (Å²) in [7, 11) is 1.81. The lowest BCUT2D eigenvalue weighted by Gasteiger charge is -2.17. The van der Waals surface area contributed by atoms with Crippen molar-refractivity contribution in [2.75, 3.05) is 26.7 Å². The summed E-state index contributed by atoms with van der Waals surface area (Å²) in [4.78, 5) is 39.8. The highest BCUT2D eigenvalue weighted by molar-refractivity contribution is 8.18. The number of hydrogen-bond donors (Lipinski definition) is 1. The van der Waals surface area contributed by atoms with E-state index in [1.165, 1.54) is 18.2 Å². The Labute approximate surface area is 189 Å². The van der Waals surface area contributed by atoms with E-state index in [9.17, 15) is 18.8 Å². The van der Waals surface area contributed by atoms with E-state index in [-0.39, 0.29) is 36.0 Å². The van der Waals surface area contributed by atoms with E-state index in [0.717, 1.165) is 22.2 Å². The molecule has 6 nitrogen and oxygen atoms in total. The molecule has 0 unspecified atom stereocenters. The van der Waals surface area contributed by atoms with E-state index in [0.29, 0.717) is 11.6 Å². The predicted molar refractivity (Wildman–Crippen MR) is 120 cm³/mol. The Bertz CT molecular complexity index is 1030. The summed E-state index contributed by atoms with van der Waals surface area (Å²) in [5, 5.41) is 2.90. The quantitative estimate of drug-likeness (QED) is 0.606. The maximum absolute atomic E-state index is 13.8. The molecule has 0 bridgehead atoms. The normalized spacial score (nSPS) is 15.2. The molecule has 3 amide bonds. The second-order valence-corrected chi connectivity index (χ2v) is 8.44. The summed E-state index contributed by atoms with van der Waals surface area (Å²) < 4.78 is 13.8. The Balaban J connectivity index is 1.47. The molecule has 0 spiro atoms. The van der Waals surface area contributed by atoms with Gasteiger partial charge >= 0.3 is 0 Å². The average Bonchev–Trinajstić information content (AvgIpc) is 2.97. The molecule has 0 aliphatic carbocycles. The third kappa shape index (κ3) is 6.40. The van der Waals surface area contributed by atoms with Crippen molar-refractivity contribution in [3.63, 3.8) is 0 Å². The molecule has 1 saturated heterocycles. The summed E-state index contributed by atoms with van der Waals surface area (Å²) >= 11 is 6.73. The number of imide groups is 1. The molecule has 1 aliphatic heterocycles. The van der Waals surface area contributed by atoms with Gasteiger partial charge in [0.15, 0.2) is 0 Å². The fraction of sp³-hybridized carbons (Fsp3) is 0.227. The molecular weight excluding hydrogens is 441 g/mol. The molecule has 2 aromatic rings. The molecule has 0 saturated carbocycles. The molecule has 1 aliphatic rings. The lowest BCUT2D eigenvalue weighted by Crippen LogP contribution is -2.40. The predicted octanol–water partition coefficient (Wildman–Crippen LogP) is 3.76. The van der Waals surface area contributed by atoms with Crippen LogP contribution < -0.4 is 5.32 Å². The first-order chi connectivity index (χ1) is 14.8. The van der Waals surface area contributed by atoms with Crippen molar-refractivity contribution in [1.29, 1.82) is 0 Å². The van der Waals surface area contributed by atoms with Gasteiger partial charge in [-0.25, -0.2) is 4.39 Å². The SMILES string of the molecule is CN(CC(=O)NCCN1C(=O)S/C(=C\c2ccccc2F)C1=O)Cc1cccc(Cl)c1. The maximum Gasteiger partial charge on any atom is 0.293 e.